The van der Waals surface area contributed by atoms with Gasteiger partial charge in [-0.3, -0.25) is 4.79 Å². The zero-order valence-corrected chi connectivity index (χ0v) is 27.9. The molecule has 9 nitrogen and oxygen atoms in total. The molecule has 4 aromatic carbocycles. The third-order valence-electron chi connectivity index (χ3n) is 8.28. The molecule has 1 aliphatic heterocycles. The summed E-state index contributed by atoms with van der Waals surface area (Å²) in [5.41, 5.74) is 11.2. The van der Waals surface area contributed by atoms with Crippen LogP contribution >= 0.6 is 0 Å². The van der Waals surface area contributed by atoms with Crippen LogP contribution in [0.3, 0.4) is 0 Å². The highest BCUT2D eigenvalue weighted by atomic mass is 32.2. The first-order valence-corrected chi connectivity index (χ1v) is 17.8. The Morgan fingerprint density at radius 2 is 1.60 bits per heavy atom. The number of aryl methyl sites for hydroxylation is 1. The number of methoxy groups -OCH3 is 1. The van der Waals surface area contributed by atoms with Gasteiger partial charge in [-0.25, -0.2) is 18.1 Å². The summed E-state index contributed by atoms with van der Waals surface area (Å²) < 4.78 is 35.0. The van der Waals surface area contributed by atoms with Gasteiger partial charge in [-0.1, -0.05) is 97.1 Å². The number of sulfone groups is 1. The van der Waals surface area contributed by atoms with Crippen molar-refractivity contribution in [3.8, 4) is 11.1 Å². The normalized spacial score (nSPS) is 17.1. The number of nitrogens with one attached hydrogen (secondary N) is 1. The van der Waals surface area contributed by atoms with Gasteiger partial charge in [0.05, 0.1) is 35.9 Å². The number of nitrogens with two attached hydrogens (primary N) is 1. The molecule has 3 N–H and O–H groups in total. The summed E-state index contributed by atoms with van der Waals surface area (Å²) in [6.45, 7) is 1.37. The van der Waals surface area contributed by atoms with E-state index in [1.165, 1.54) is 13.4 Å². The maximum atomic E-state index is 13.7. The van der Waals surface area contributed by atoms with Crippen LogP contribution in [-0.2, 0) is 36.9 Å². The van der Waals surface area contributed by atoms with Gasteiger partial charge in [0, 0.05) is 24.9 Å². The minimum absolute atomic E-state index is 0.0477. The van der Waals surface area contributed by atoms with Gasteiger partial charge in [0.25, 0.3) is 5.91 Å². The van der Waals surface area contributed by atoms with Crippen LogP contribution in [0.1, 0.15) is 23.1 Å². The van der Waals surface area contributed by atoms with Crippen LogP contribution in [0, 0.1) is 0 Å². The molecule has 0 radical (unpaired) electrons. The van der Waals surface area contributed by atoms with Crippen molar-refractivity contribution in [1.29, 1.82) is 0 Å². The summed E-state index contributed by atoms with van der Waals surface area (Å²) in [5.74, 6) is -0.553. The van der Waals surface area contributed by atoms with E-state index in [1.807, 2.05) is 78.9 Å². The van der Waals surface area contributed by atoms with Gasteiger partial charge < -0.3 is 20.5 Å². The van der Waals surface area contributed by atoms with Crippen molar-refractivity contribution in [2.45, 2.75) is 42.4 Å². The summed E-state index contributed by atoms with van der Waals surface area (Å²) >= 11 is 0. The molecule has 3 atom stereocenters. The van der Waals surface area contributed by atoms with E-state index in [-0.39, 0.29) is 23.5 Å². The number of amides is 2. The third kappa shape index (κ3) is 8.84. The molecule has 5 rings (SSSR count). The lowest BCUT2D eigenvalue weighted by Gasteiger charge is -2.30. The second-order valence-corrected chi connectivity index (χ2v) is 13.8. The number of rotatable bonds is 11. The minimum Gasteiger partial charge on any atom is -0.452 e. The molecule has 1 saturated heterocycles. The van der Waals surface area contributed by atoms with E-state index >= 15 is 0 Å². The summed E-state index contributed by atoms with van der Waals surface area (Å²) in [7, 11) is -2.00. The number of benzene rings is 4. The lowest BCUT2D eigenvalue weighted by Crippen LogP contribution is -2.48. The van der Waals surface area contributed by atoms with E-state index in [1.54, 1.807) is 36.4 Å². The quantitative estimate of drug-likeness (QED) is 0.217. The van der Waals surface area contributed by atoms with Crippen molar-refractivity contribution >= 4 is 33.6 Å². The highest BCUT2D eigenvalue weighted by molar-refractivity contribution is 7.90. The molecule has 1 aliphatic rings. The van der Waals surface area contributed by atoms with E-state index in [0.29, 0.717) is 30.8 Å². The fourth-order valence-corrected chi connectivity index (χ4v) is 6.42. The van der Waals surface area contributed by atoms with Gasteiger partial charge in [-0.2, -0.15) is 0 Å². The molecule has 48 heavy (non-hydrogen) atoms. The van der Waals surface area contributed by atoms with Gasteiger partial charge in [-0.05, 0) is 59.7 Å². The second-order valence-electron chi connectivity index (χ2n) is 11.8. The lowest BCUT2D eigenvalue weighted by atomic mass is 9.93. The molecule has 0 saturated carbocycles. The van der Waals surface area contributed by atoms with Crippen LogP contribution in [0.25, 0.3) is 17.2 Å². The number of nitrogens with zero attached hydrogens (tertiary/aromatic N) is 1. The molecular formula is C38H41N3O6S. The first-order valence-electron chi connectivity index (χ1n) is 15.9. The largest absolute Gasteiger partial charge is 0.452 e. The maximum absolute atomic E-state index is 13.7. The molecule has 0 spiro atoms. The monoisotopic (exact) mass is 667 g/mol. The smallest absolute Gasteiger partial charge is 0.421 e. The topological polar surface area (TPSA) is 128 Å². The fourth-order valence-electron chi connectivity index (χ4n) is 5.79. The number of imide groups is 1. The van der Waals surface area contributed by atoms with Gasteiger partial charge in [0.1, 0.15) is 0 Å². The van der Waals surface area contributed by atoms with E-state index in [2.05, 4.69) is 5.32 Å². The van der Waals surface area contributed by atoms with Crippen LogP contribution < -0.4 is 16.0 Å². The molecule has 0 unspecified atom stereocenters. The van der Waals surface area contributed by atoms with E-state index in [0.717, 1.165) is 33.6 Å². The van der Waals surface area contributed by atoms with Crippen LogP contribution in [-0.4, -0.2) is 65.1 Å². The first kappa shape index (κ1) is 34.7. The Hall–Kier alpha value is -4.61. The Morgan fingerprint density at radius 3 is 2.31 bits per heavy atom. The predicted octanol–water partition coefficient (Wildman–Crippen LogP) is 5.43. The van der Waals surface area contributed by atoms with Gasteiger partial charge >= 0.3 is 6.09 Å². The van der Waals surface area contributed by atoms with Crippen molar-refractivity contribution in [2.75, 3.05) is 31.4 Å². The molecule has 0 aromatic heterocycles. The van der Waals surface area contributed by atoms with Crippen LogP contribution in [0.2, 0.25) is 0 Å². The molecule has 250 valence electrons. The minimum atomic E-state index is -3.24. The Kier molecular flexibility index (Phi) is 11.6. The molecule has 0 bridgehead atoms. The zero-order chi connectivity index (χ0) is 34.1. The predicted molar refractivity (Wildman–Crippen MR) is 188 cm³/mol. The Bertz CT molecular complexity index is 1840. The van der Waals surface area contributed by atoms with Crippen molar-refractivity contribution in [2.24, 2.45) is 5.73 Å². The molecular weight excluding hydrogens is 627 g/mol. The zero-order valence-electron chi connectivity index (χ0n) is 27.1. The van der Waals surface area contributed by atoms with E-state index in [9.17, 15) is 18.0 Å². The summed E-state index contributed by atoms with van der Waals surface area (Å²) in [4.78, 5) is 28.2. The SMILES string of the molecule is COC(=O)N(C(=O)[C@@H](N)Cc1ccccc1)c1ccccc1-c1ccccc1CC[C@@H]1CNC[C@@H](/C=C/c2ccc(S(C)(=O)=O)cc2)O1. The van der Waals surface area contributed by atoms with Gasteiger partial charge in [-0.15, -0.1) is 0 Å². The van der Waals surface area contributed by atoms with Crippen molar-refractivity contribution in [1.82, 2.24) is 5.32 Å². The van der Waals surface area contributed by atoms with Crippen molar-refractivity contribution < 1.29 is 27.5 Å². The molecule has 1 heterocycles. The number of hydrogen-bond donors (Lipinski definition) is 2. The van der Waals surface area contributed by atoms with Gasteiger partial charge in [0.2, 0.25) is 0 Å². The number of para-hydroxylation sites is 1. The van der Waals surface area contributed by atoms with E-state index < -0.39 is 27.9 Å². The van der Waals surface area contributed by atoms with Crippen molar-refractivity contribution in [3.05, 3.63) is 126 Å². The van der Waals surface area contributed by atoms with Crippen molar-refractivity contribution in [3.63, 3.8) is 0 Å². The molecule has 4 aromatic rings. The number of anilines is 1. The van der Waals surface area contributed by atoms with Crippen LogP contribution in [0.5, 0.6) is 0 Å². The highest BCUT2D eigenvalue weighted by Crippen LogP contribution is 2.35. The molecule has 2 amide bonds. The number of ether oxygens (including phenoxy) is 2. The molecule has 0 aliphatic carbocycles. The Morgan fingerprint density at radius 1 is 0.938 bits per heavy atom. The third-order valence-corrected chi connectivity index (χ3v) is 9.41. The van der Waals surface area contributed by atoms with E-state index in [4.69, 9.17) is 15.2 Å². The standard InChI is InChI=1S/C38H41N3O6S/c1-46-38(43)41(37(42)35(39)24-28-10-4-3-5-11-28)36-15-9-8-14-34(36)33-13-7-6-12-29(33)19-21-31-26-40-25-30(47-31)20-16-27-17-22-32(23-18-27)48(2,44)45/h3-18,20,22-23,30-31,35,40H,19,21,24-26,39H2,1-2H3/b20-16+/t30-,31-,35+/m1/s1. The number of morpholine rings is 1. The highest BCUT2D eigenvalue weighted by Gasteiger charge is 2.31. The number of carbonyl (C=O) groups is 2. The summed E-state index contributed by atoms with van der Waals surface area (Å²) in [6.07, 6.45) is 5.82. The van der Waals surface area contributed by atoms with Gasteiger partial charge in [0.15, 0.2) is 9.84 Å². The Balaban J connectivity index is 1.31. The average Bonchev–Trinajstić information content (AvgIpc) is 3.10. The average molecular weight is 668 g/mol. The summed E-state index contributed by atoms with van der Waals surface area (Å²) in [5, 5.41) is 3.45. The number of carbonyl (C=O) groups excluding carboxylic acids is 2. The number of hydrogen-bond acceptors (Lipinski definition) is 8. The second kappa shape index (κ2) is 16.0. The summed E-state index contributed by atoms with van der Waals surface area (Å²) in [6, 6.07) is 30.5. The maximum Gasteiger partial charge on any atom is 0.421 e. The fraction of sp³-hybridized carbons (Fsp3) is 0.263. The Labute approximate surface area is 282 Å². The van der Waals surface area contributed by atoms with Crippen LogP contribution in [0.15, 0.2) is 114 Å². The van der Waals surface area contributed by atoms with Crippen LogP contribution in [0.4, 0.5) is 10.5 Å². The first-order chi connectivity index (χ1) is 23.1. The molecule has 10 heteroatoms. The lowest BCUT2D eigenvalue weighted by molar-refractivity contribution is -0.119. The molecule has 1 fully saturated rings.